The van der Waals surface area contributed by atoms with Crippen LogP contribution in [0, 0.1) is 0 Å². The quantitative estimate of drug-likeness (QED) is 0.767. The number of carbonyl (C=O) groups excluding carboxylic acids is 2. The van der Waals surface area contributed by atoms with E-state index in [4.69, 9.17) is 0 Å². The van der Waals surface area contributed by atoms with Gasteiger partial charge in [0.15, 0.2) is 0 Å². The Bertz CT molecular complexity index is 669. The zero-order valence-corrected chi connectivity index (χ0v) is 13.9. The first kappa shape index (κ1) is 17.7. The number of carbonyl (C=O) groups is 2. The molecule has 1 atom stereocenters. The zero-order valence-electron chi connectivity index (χ0n) is 13.9. The predicted octanol–water partition coefficient (Wildman–Crippen LogP) is 2.44. The molecule has 2 aromatic rings. The van der Waals surface area contributed by atoms with Crippen molar-refractivity contribution in [2.24, 2.45) is 0 Å². The van der Waals surface area contributed by atoms with Gasteiger partial charge in [0.1, 0.15) is 0 Å². The number of hydrogen-bond donors (Lipinski definition) is 2. The number of methoxy groups -OCH3 is 1. The summed E-state index contributed by atoms with van der Waals surface area (Å²) in [6, 6.07) is 17.0. The number of rotatable bonds is 7. The van der Waals surface area contributed by atoms with E-state index in [1.54, 1.807) is 24.3 Å². The molecule has 0 bridgehead atoms. The molecular weight excluding hydrogens is 304 g/mol. The van der Waals surface area contributed by atoms with Gasteiger partial charge in [-0.05, 0) is 30.2 Å². The first-order valence-corrected chi connectivity index (χ1v) is 7.82. The Hall–Kier alpha value is -2.66. The van der Waals surface area contributed by atoms with E-state index in [9.17, 15) is 9.59 Å². The molecule has 0 fully saturated rings. The van der Waals surface area contributed by atoms with Crippen molar-refractivity contribution in [2.45, 2.75) is 19.5 Å². The monoisotopic (exact) mass is 326 g/mol. The molecule has 0 spiro atoms. The highest BCUT2D eigenvalue weighted by Gasteiger charge is 2.08. The Labute approximate surface area is 142 Å². The lowest BCUT2D eigenvalue weighted by atomic mass is 10.1. The van der Waals surface area contributed by atoms with Crippen LogP contribution in [0.5, 0.6) is 0 Å². The van der Waals surface area contributed by atoms with Gasteiger partial charge >= 0.3 is 5.97 Å². The normalized spacial score (nSPS) is 11.6. The molecule has 2 rings (SSSR count). The molecule has 0 heterocycles. The summed E-state index contributed by atoms with van der Waals surface area (Å²) in [7, 11) is 1.35. The van der Waals surface area contributed by atoms with Crippen LogP contribution in [0.2, 0.25) is 0 Å². The van der Waals surface area contributed by atoms with Gasteiger partial charge in [0, 0.05) is 12.6 Å². The highest BCUT2D eigenvalue weighted by Crippen LogP contribution is 2.10. The molecule has 0 aliphatic heterocycles. The molecule has 0 unspecified atom stereocenters. The summed E-state index contributed by atoms with van der Waals surface area (Å²) in [5.74, 6) is -0.445. The topological polar surface area (TPSA) is 67.4 Å². The van der Waals surface area contributed by atoms with Crippen LogP contribution >= 0.6 is 0 Å². The average Bonchev–Trinajstić information content (AvgIpc) is 2.64. The fourth-order valence-electron chi connectivity index (χ4n) is 2.25. The minimum atomic E-state index is -0.371. The number of nitrogens with one attached hydrogen (secondary N) is 2. The summed E-state index contributed by atoms with van der Waals surface area (Å²) in [6.07, 6.45) is 0. The van der Waals surface area contributed by atoms with Gasteiger partial charge in [-0.3, -0.25) is 4.79 Å². The van der Waals surface area contributed by atoms with Crippen molar-refractivity contribution in [3.63, 3.8) is 0 Å². The van der Waals surface area contributed by atoms with Gasteiger partial charge in [-0.2, -0.15) is 0 Å². The molecule has 0 saturated carbocycles. The van der Waals surface area contributed by atoms with Crippen molar-refractivity contribution >= 4 is 11.9 Å². The van der Waals surface area contributed by atoms with E-state index < -0.39 is 0 Å². The van der Waals surface area contributed by atoms with Gasteiger partial charge in [0.2, 0.25) is 5.91 Å². The van der Waals surface area contributed by atoms with Crippen molar-refractivity contribution in [3.05, 3.63) is 71.3 Å². The number of hydrogen-bond acceptors (Lipinski definition) is 4. The maximum absolute atomic E-state index is 11.9. The molecule has 5 nitrogen and oxygen atoms in total. The van der Waals surface area contributed by atoms with Crippen molar-refractivity contribution in [1.29, 1.82) is 0 Å². The first-order valence-electron chi connectivity index (χ1n) is 7.82. The minimum absolute atomic E-state index is 0.0742. The lowest BCUT2D eigenvalue weighted by Gasteiger charge is -2.14. The van der Waals surface area contributed by atoms with Crippen LogP contribution in [-0.4, -0.2) is 25.5 Å². The molecule has 0 aliphatic rings. The Kier molecular flexibility index (Phi) is 6.51. The zero-order chi connectivity index (χ0) is 17.4. The predicted molar refractivity (Wildman–Crippen MR) is 92.5 cm³/mol. The third-order valence-electron chi connectivity index (χ3n) is 3.73. The highest BCUT2D eigenvalue weighted by atomic mass is 16.5. The lowest BCUT2D eigenvalue weighted by molar-refractivity contribution is -0.120. The van der Waals surface area contributed by atoms with Crippen LogP contribution in [0.4, 0.5) is 0 Å². The Morgan fingerprint density at radius 3 is 2.33 bits per heavy atom. The fraction of sp³-hybridized carbons (Fsp3) is 0.263. The van der Waals surface area contributed by atoms with E-state index in [0.717, 1.165) is 11.1 Å². The number of ether oxygens (including phenoxy) is 1. The van der Waals surface area contributed by atoms with Crippen LogP contribution in [0.1, 0.15) is 34.5 Å². The molecule has 0 saturated heterocycles. The molecule has 0 aliphatic carbocycles. The maximum Gasteiger partial charge on any atom is 0.337 e. The van der Waals surface area contributed by atoms with Crippen LogP contribution < -0.4 is 10.6 Å². The Balaban J connectivity index is 1.76. The second-order valence-electron chi connectivity index (χ2n) is 5.48. The van der Waals surface area contributed by atoms with Crippen LogP contribution in [0.3, 0.4) is 0 Å². The van der Waals surface area contributed by atoms with E-state index in [2.05, 4.69) is 15.4 Å². The van der Waals surface area contributed by atoms with Crippen molar-refractivity contribution in [1.82, 2.24) is 10.6 Å². The summed E-state index contributed by atoms with van der Waals surface area (Å²) >= 11 is 0. The van der Waals surface area contributed by atoms with Gasteiger partial charge in [-0.1, -0.05) is 42.5 Å². The number of esters is 1. The van der Waals surface area contributed by atoms with Crippen molar-refractivity contribution in [2.75, 3.05) is 13.7 Å². The Morgan fingerprint density at radius 2 is 1.71 bits per heavy atom. The fourth-order valence-corrected chi connectivity index (χ4v) is 2.25. The van der Waals surface area contributed by atoms with Crippen LogP contribution in [-0.2, 0) is 16.1 Å². The van der Waals surface area contributed by atoms with E-state index in [1.807, 2.05) is 37.3 Å². The molecule has 24 heavy (non-hydrogen) atoms. The number of benzene rings is 2. The summed E-state index contributed by atoms with van der Waals surface area (Å²) in [4.78, 5) is 23.3. The summed E-state index contributed by atoms with van der Waals surface area (Å²) < 4.78 is 4.65. The van der Waals surface area contributed by atoms with Crippen LogP contribution in [0.15, 0.2) is 54.6 Å². The van der Waals surface area contributed by atoms with E-state index in [-0.39, 0.29) is 24.5 Å². The highest BCUT2D eigenvalue weighted by molar-refractivity contribution is 5.89. The Morgan fingerprint density at radius 1 is 1.04 bits per heavy atom. The molecule has 1 amide bonds. The van der Waals surface area contributed by atoms with Crippen molar-refractivity contribution < 1.29 is 14.3 Å². The second kappa shape index (κ2) is 8.84. The van der Waals surface area contributed by atoms with E-state index in [0.29, 0.717) is 12.1 Å². The summed E-state index contributed by atoms with van der Waals surface area (Å²) in [5, 5.41) is 6.04. The second-order valence-corrected chi connectivity index (χ2v) is 5.48. The van der Waals surface area contributed by atoms with E-state index >= 15 is 0 Å². The van der Waals surface area contributed by atoms with Gasteiger partial charge in [0.25, 0.3) is 0 Å². The molecule has 2 aromatic carbocycles. The third kappa shape index (κ3) is 5.21. The van der Waals surface area contributed by atoms with Crippen molar-refractivity contribution in [3.8, 4) is 0 Å². The minimum Gasteiger partial charge on any atom is -0.465 e. The van der Waals surface area contributed by atoms with Gasteiger partial charge < -0.3 is 15.4 Å². The summed E-state index contributed by atoms with van der Waals surface area (Å²) in [5.41, 5.74) is 2.56. The van der Waals surface area contributed by atoms with Crippen LogP contribution in [0.25, 0.3) is 0 Å². The molecule has 0 aromatic heterocycles. The smallest absolute Gasteiger partial charge is 0.337 e. The largest absolute Gasteiger partial charge is 0.465 e. The first-order chi connectivity index (χ1) is 11.6. The third-order valence-corrected chi connectivity index (χ3v) is 3.73. The molecular formula is C19H22N2O3. The van der Waals surface area contributed by atoms with E-state index in [1.165, 1.54) is 7.11 Å². The van der Waals surface area contributed by atoms with Gasteiger partial charge in [-0.25, -0.2) is 4.79 Å². The van der Waals surface area contributed by atoms with Gasteiger partial charge in [-0.15, -0.1) is 0 Å². The standard InChI is InChI=1S/C19H22N2O3/c1-14(16-6-4-3-5-7-16)20-13-18(22)21-12-15-8-10-17(11-9-15)19(23)24-2/h3-11,14,20H,12-13H2,1-2H3,(H,21,22)/t14-/m0/s1. The average molecular weight is 326 g/mol. The van der Waals surface area contributed by atoms with Gasteiger partial charge in [0.05, 0.1) is 19.2 Å². The maximum atomic E-state index is 11.9. The molecule has 5 heteroatoms. The molecule has 126 valence electrons. The molecule has 2 N–H and O–H groups in total. The summed E-state index contributed by atoms with van der Waals surface area (Å²) in [6.45, 7) is 2.69. The SMILES string of the molecule is COC(=O)c1ccc(CNC(=O)CN[C@@H](C)c2ccccc2)cc1. The lowest BCUT2D eigenvalue weighted by Crippen LogP contribution is -2.34. The number of amides is 1. The molecule has 0 radical (unpaired) electrons.